The van der Waals surface area contributed by atoms with E-state index >= 15 is 0 Å². The maximum atomic E-state index is 10.6. The molecular weight excluding hydrogens is 350 g/mol. The summed E-state index contributed by atoms with van der Waals surface area (Å²) in [6.45, 7) is 3.03. The molecule has 0 aliphatic heterocycles. The number of nitrogens with two attached hydrogens (primary N) is 1. The number of hydrogen-bond acceptors (Lipinski definition) is 6. The molecule has 0 spiro atoms. The van der Waals surface area contributed by atoms with Gasteiger partial charge < -0.3 is 24.7 Å². The van der Waals surface area contributed by atoms with Crippen molar-refractivity contribution < 1.29 is 23.7 Å². The monoisotopic (exact) mass is 373 g/mol. The number of benzene rings is 2. The number of ether oxygens (including phenoxy) is 4. The summed E-state index contributed by atoms with van der Waals surface area (Å²) in [6.07, 6.45) is 1.46. The molecule has 2 aromatic carbocycles. The van der Waals surface area contributed by atoms with Crippen molar-refractivity contribution in [1.82, 2.24) is 5.43 Å². The number of primary amides is 1. The molecule has 0 unspecified atom stereocenters. The Morgan fingerprint density at radius 1 is 1.04 bits per heavy atom. The summed E-state index contributed by atoms with van der Waals surface area (Å²) in [5, 5.41) is 3.72. The number of amides is 2. The lowest BCUT2D eigenvalue weighted by Crippen LogP contribution is -2.24. The zero-order chi connectivity index (χ0) is 19.5. The molecule has 2 rings (SSSR count). The molecular formula is C19H23N3O5. The molecule has 0 atom stereocenters. The maximum absolute atomic E-state index is 10.6. The summed E-state index contributed by atoms with van der Waals surface area (Å²) in [6, 6.07) is 12.0. The molecule has 0 saturated heterocycles. The predicted octanol–water partition coefficient (Wildman–Crippen LogP) is 2.55. The van der Waals surface area contributed by atoms with Crippen molar-refractivity contribution in [2.45, 2.75) is 6.92 Å². The van der Waals surface area contributed by atoms with Crippen molar-refractivity contribution in [3.63, 3.8) is 0 Å². The van der Waals surface area contributed by atoms with E-state index in [0.29, 0.717) is 42.8 Å². The first-order valence-electron chi connectivity index (χ1n) is 8.38. The van der Waals surface area contributed by atoms with E-state index in [2.05, 4.69) is 10.5 Å². The number of urea groups is 1. The second kappa shape index (κ2) is 10.5. The standard InChI is InChI=1S/C19H23N3O5/c1-3-25-18-12-14(13-21-22-19(20)23)8-9-17(18)27-11-10-26-16-7-5-4-6-15(16)24-2/h4-9,12-13H,3,10-11H2,1-2H3,(H3,20,22,23)/b21-13+. The van der Waals surface area contributed by atoms with Crippen molar-refractivity contribution in [1.29, 1.82) is 0 Å². The van der Waals surface area contributed by atoms with E-state index in [9.17, 15) is 4.79 Å². The second-order valence-corrected chi connectivity index (χ2v) is 5.22. The predicted molar refractivity (Wildman–Crippen MR) is 102 cm³/mol. The fourth-order valence-electron chi connectivity index (χ4n) is 2.20. The van der Waals surface area contributed by atoms with Crippen LogP contribution >= 0.6 is 0 Å². The third kappa shape index (κ3) is 6.43. The highest BCUT2D eigenvalue weighted by Crippen LogP contribution is 2.29. The quantitative estimate of drug-likeness (QED) is 0.378. The van der Waals surface area contributed by atoms with Gasteiger partial charge in [-0.15, -0.1) is 0 Å². The van der Waals surface area contributed by atoms with Gasteiger partial charge in [0, 0.05) is 0 Å². The maximum Gasteiger partial charge on any atom is 0.332 e. The molecule has 0 bridgehead atoms. The number of nitrogens with zero attached hydrogens (tertiary/aromatic N) is 1. The average molecular weight is 373 g/mol. The Bertz CT molecular complexity index is 780. The van der Waals surface area contributed by atoms with Crippen LogP contribution in [0.15, 0.2) is 47.6 Å². The Morgan fingerprint density at radius 3 is 2.33 bits per heavy atom. The Kier molecular flexibility index (Phi) is 7.77. The number of hydrogen-bond donors (Lipinski definition) is 2. The number of carbonyl (C=O) groups is 1. The minimum atomic E-state index is -0.730. The minimum Gasteiger partial charge on any atom is -0.493 e. The van der Waals surface area contributed by atoms with Crippen LogP contribution in [0, 0.1) is 0 Å². The second-order valence-electron chi connectivity index (χ2n) is 5.22. The van der Waals surface area contributed by atoms with Crippen LogP contribution < -0.4 is 30.1 Å². The van der Waals surface area contributed by atoms with Gasteiger partial charge in [-0.25, -0.2) is 10.2 Å². The number of hydrazone groups is 1. The van der Waals surface area contributed by atoms with Gasteiger partial charge in [0.15, 0.2) is 23.0 Å². The first-order valence-corrected chi connectivity index (χ1v) is 8.38. The van der Waals surface area contributed by atoms with E-state index in [1.54, 1.807) is 25.3 Å². The zero-order valence-corrected chi connectivity index (χ0v) is 15.3. The molecule has 2 aromatic rings. The van der Waals surface area contributed by atoms with Crippen molar-refractivity contribution in [3.8, 4) is 23.0 Å². The van der Waals surface area contributed by atoms with Crippen LogP contribution in [-0.4, -0.2) is 39.2 Å². The van der Waals surface area contributed by atoms with Gasteiger partial charge in [0.1, 0.15) is 13.2 Å². The lowest BCUT2D eigenvalue weighted by Gasteiger charge is -2.14. The van der Waals surface area contributed by atoms with Gasteiger partial charge in [-0.2, -0.15) is 5.10 Å². The highest BCUT2D eigenvalue weighted by molar-refractivity contribution is 5.82. The molecule has 3 N–H and O–H groups in total. The summed E-state index contributed by atoms with van der Waals surface area (Å²) in [5.41, 5.74) is 7.82. The van der Waals surface area contributed by atoms with Crippen molar-refractivity contribution in [2.75, 3.05) is 26.9 Å². The van der Waals surface area contributed by atoms with Crippen LogP contribution in [0.3, 0.4) is 0 Å². The molecule has 27 heavy (non-hydrogen) atoms. The van der Waals surface area contributed by atoms with E-state index in [1.165, 1.54) is 6.21 Å². The molecule has 0 fully saturated rings. The first-order chi connectivity index (χ1) is 13.1. The normalized spacial score (nSPS) is 10.4. The molecule has 0 saturated carbocycles. The van der Waals surface area contributed by atoms with Crippen LogP contribution in [0.25, 0.3) is 0 Å². The van der Waals surface area contributed by atoms with Gasteiger partial charge in [-0.05, 0) is 42.8 Å². The van der Waals surface area contributed by atoms with E-state index < -0.39 is 6.03 Å². The van der Waals surface area contributed by atoms with Crippen LogP contribution in [0.4, 0.5) is 4.79 Å². The van der Waals surface area contributed by atoms with Gasteiger partial charge in [0.25, 0.3) is 0 Å². The number of nitrogens with one attached hydrogen (secondary N) is 1. The van der Waals surface area contributed by atoms with Gasteiger partial charge in [0.2, 0.25) is 0 Å². The molecule has 8 nitrogen and oxygen atoms in total. The third-order valence-electron chi connectivity index (χ3n) is 3.32. The lowest BCUT2D eigenvalue weighted by molar-refractivity contribution is 0.203. The Labute approximate surface area is 157 Å². The molecule has 0 heterocycles. The fourth-order valence-corrected chi connectivity index (χ4v) is 2.20. The minimum absolute atomic E-state index is 0.328. The third-order valence-corrected chi connectivity index (χ3v) is 3.32. The van der Waals surface area contributed by atoms with Crippen molar-refractivity contribution >= 4 is 12.2 Å². The smallest absolute Gasteiger partial charge is 0.332 e. The molecule has 144 valence electrons. The Morgan fingerprint density at radius 2 is 1.70 bits per heavy atom. The summed E-state index contributed by atoms with van der Waals surface area (Å²) in [4.78, 5) is 10.6. The molecule has 0 aliphatic rings. The first kappa shape index (κ1) is 19.9. The van der Waals surface area contributed by atoms with Crippen LogP contribution in [0.2, 0.25) is 0 Å². The number of para-hydroxylation sites is 2. The highest BCUT2D eigenvalue weighted by atomic mass is 16.5. The highest BCUT2D eigenvalue weighted by Gasteiger charge is 2.07. The number of rotatable bonds is 10. The molecule has 0 aromatic heterocycles. The van der Waals surface area contributed by atoms with Crippen LogP contribution in [-0.2, 0) is 0 Å². The van der Waals surface area contributed by atoms with Crippen molar-refractivity contribution in [3.05, 3.63) is 48.0 Å². The largest absolute Gasteiger partial charge is 0.493 e. The van der Waals surface area contributed by atoms with E-state index in [1.807, 2.05) is 31.2 Å². The van der Waals surface area contributed by atoms with Gasteiger partial charge in [0.05, 0.1) is 19.9 Å². The zero-order valence-electron chi connectivity index (χ0n) is 15.3. The van der Waals surface area contributed by atoms with E-state index in [4.69, 9.17) is 24.7 Å². The summed E-state index contributed by atoms with van der Waals surface area (Å²) in [7, 11) is 1.59. The van der Waals surface area contributed by atoms with E-state index in [-0.39, 0.29) is 0 Å². The van der Waals surface area contributed by atoms with Gasteiger partial charge >= 0.3 is 6.03 Å². The molecule has 8 heteroatoms. The SMILES string of the molecule is CCOc1cc(/C=N/NC(N)=O)ccc1OCCOc1ccccc1OC. The number of methoxy groups -OCH3 is 1. The van der Waals surface area contributed by atoms with Crippen LogP contribution in [0.5, 0.6) is 23.0 Å². The lowest BCUT2D eigenvalue weighted by atomic mass is 10.2. The van der Waals surface area contributed by atoms with E-state index in [0.717, 1.165) is 5.56 Å². The Balaban J connectivity index is 1.94. The summed E-state index contributed by atoms with van der Waals surface area (Å²) >= 11 is 0. The molecule has 0 radical (unpaired) electrons. The van der Waals surface area contributed by atoms with Crippen molar-refractivity contribution in [2.24, 2.45) is 10.8 Å². The fraction of sp³-hybridized carbons (Fsp3) is 0.263. The van der Waals surface area contributed by atoms with Gasteiger partial charge in [-0.1, -0.05) is 12.1 Å². The summed E-state index contributed by atoms with van der Waals surface area (Å²) < 4.78 is 22.3. The average Bonchev–Trinajstić information content (AvgIpc) is 2.67. The number of carbonyl (C=O) groups excluding carboxylic acids is 1. The van der Waals surface area contributed by atoms with Crippen LogP contribution in [0.1, 0.15) is 12.5 Å². The molecule has 2 amide bonds. The van der Waals surface area contributed by atoms with Gasteiger partial charge in [-0.3, -0.25) is 0 Å². The topological polar surface area (TPSA) is 104 Å². The summed E-state index contributed by atoms with van der Waals surface area (Å²) in [5.74, 6) is 2.47. The molecule has 0 aliphatic carbocycles. The Hall–Kier alpha value is -3.42.